The molecule has 0 atom stereocenters. The monoisotopic (exact) mass is 247 g/mol. The van der Waals surface area contributed by atoms with Crippen molar-refractivity contribution in [2.45, 2.75) is 0 Å². The van der Waals surface area contributed by atoms with Gasteiger partial charge in [-0.25, -0.2) is 0 Å². The molecule has 0 unspecified atom stereocenters. The van der Waals surface area contributed by atoms with E-state index in [2.05, 4.69) is 4.98 Å². The van der Waals surface area contributed by atoms with Crippen molar-refractivity contribution >= 4 is 17.4 Å². The maximum absolute atomic E-state index is 12.1. The number of ether oxygens (including phenoxy) is 1. The van der Waals surface area contributed by atoms with E-state index in [4.69, 9.17) is 16.3 Å². The van der Waals surface area contributed by atoms with Crippen molar-refractivity contribution in [1.29, 1.82) is 0 Å². The Balaban J connectivity index is 2.38. The molecule has 0 fully saturated rings. The van der Waals surface area contributed by atoms with Crippen LogP contribution in [0, 0.1) is 0 Å². The Hall–Kier alpha value is -1.87. The first-order chi connectivity index (χ1) is 8.22. The Morgan fingerprint density at radius 3 is 2.76 bits per heavy atom. The van der Waals surface area contributed by atoms with Gasteiger partial charge >= 0.3 is 0 Å². The molecule has 86 valence electrons. The number of benzene rings is 1. The van der Waals surface area contributed by atoms with Gasteiger partial charge in [0.2, 0.25) is 5.78 Å². The third kappa shape index (κ3) is 2.45. The Labute approximate surface area is 104 Å². The highest BCUT2D eigenvalue weighted by Crippen LogP contribution is 2.25. The van der Waals surface area contributed by atoms with E-state index in [9.17, 15) is 4.79 Å². The maximum Gasteiger partial charge on any atom is 0.211 e. The lowest BCUT2D eigenvalue weighted by molar-refractivity contribution is 0.103. The van der Waals surface area contributed by atoms with Gasteiger partial charge < -0.3 is 4.74 Å². The molecule has 4 heteroatoms. The number of hydrogen-bond acceptors (Lipinski definition) is 3. The normalized spacial score (nSPS) is 10.0. The number of carbonyl (C=O) groups is 1. The van der Waals surface area contributed by atoms with Gasteiger partial charge in [0, 0.05) is 11.8 Å². The second-order valence-electron chi connectivity index (χ2n) is 3.39. The second kappa shape index (κ2) is 4.97. The van der Waals surface area contributed by atoms with Gasteiger partial charge in [-0.2, -0.15) is 0 Å². The fourth-order valence-electron chi connectivity index (χ4n) is 1.45. The van der Waals surface area contributed by atoms with E-state index < -0.39 is 0 Å². The largest absolute Gasteiger partial charge is 0.495 e. The zero-order valence-corrected chi connectivity index (χ0v) is 9.94. The third-order valence-corrected chi connectivity index (χ3v) is 2.62. The summed E-state index contributed by atoms with van der Waals surface area (Å²) in [5.41, 5.74) is 0.904. The topological polar surface area (TPSA) is 39.2 Å². The number of aromatic nitrogens is 1. The van der Waals surface area contributed by atoms with Crippen molar-refractivity contribution in [3.8, 4) is 5.75 Å². The third-order valence-electron chi connectivity index (χ3n) is 2.31. The van der Waals surface area contributed by atoms with Crippen molar-refractivity contribution in [1.82, 2.24) is 4.98 Å². The van der Waals surface area contributed by atoms with Crippen LogP contribution in [0.2, 0.25) is 5.02 Å². The minimum Gasteiger partial charge on any atom is -0.495 e. The zero-order chi connectivity index (χ0) is 12.3. The molecular formula is C13H10ClNO2. The van der Waals surface area contributed by atoms with Crippen molar-refractivity contribution in [3.63, 3.8) is 0 Å². The number of halogens is 1. The van der Waals surface area contributed by atoms with Crippen LogP contribution in [0.15, 0.2) is 42.6 Å². The molecule has 0 aliphatic rings. The van der Waals surface area contributed by atoms with E-state index in [1.807, 2.05) is 0 Å². The first-order valence-corrected chi connectivity index (χ1v) is 5.39. The summed E-state index contributed by atoms with van der Waals surface area (Å²) in [5.74, 6) is 0.328. The summed E-state index contributed by atoms with van der Waals surface area (Å²) < 4.78 is 5.07. The predicted molar refractivity (Wildman–Crippen MR) is 65.7 cm³/mol. The van der Waals surface area contributed by atoms with Crippen LogP contribution in [0.25, 0.3) is 0 Å². The first kappa shape index (κ1) is 11.6. The highest BCUT2D eigenvalue weighted by molar-refractivity contribution is 6.32. The molecule has 0 radical (unpaired) electrons. The van der Waals surface area contributed by atoms with E-state index in [1.54, 1.807) is 42.6 Å². The number of ketones is 1. The lowest BCUT2D eigenvalue weighted by Crippen LogP contribution is -2.03. The molecule has 0 amide bonds. The number of pyridine rings is 1. The minimum atomic E-state index is -0.152. The lowest BCUT2D eigenvalue weighted by atomic mass is 10.1. The molecule has 0 aliphatic heterocycles. The summed E-state index contributed by atoms with van der Waals surface area (Å²) in [6, 6.07) is 10.1. The maximum atomic E-state index is 12.1. The molecule has 17 heavy (non-hydrogen) atoms. The Morgan fingerprint density at radius 1 is 1.29 bits per heavy atom. The standard InChI is InChI=1S/C13H10ClNO2/c1-17-12-8-9(5-6-10(12)14)13(16)11-4-2-3-7-15-11/h2-8H,1H3. The number of nitrogens with zero attached hydrogens (tertiary/aromatic N) is 1. The predicted octanol–water partition coefficient (Wildman–Crippen LogP) is 2.97. The smallest absolute Gasteiger partial charge is 0.211 e. The summed E-state index contributed by atoms with van der Waals surface area (Å²) in [5, 5.41) is 0.477. The van der Waals surface area contributed by atoms with Crippen molar-refractivity contribution in [2.24, 2.45) is 0 Å². The molecule has 0 saturated carbocycles. The van der Waals surface area contributed by atoms with E-state index in [-0.39, 0.29) is 5.78 Å². The molecule has 1 aromatic heterocycles. The van der Waals surface area contributed by atoms with Gasteiger partial charge in [-0.3, -0.25) is 9.78 Å². The number of carbonyl (C=O) groups excluding carboxylic acids is 1. The highest BCUT2D eigenvalue weighted by atomic mass is 35.5. The quantitative estimate of drug-likeness (QED) is 0.783. The van der Waals surface area contributed by atoms with Crippen LogP contribution in [0.3, 0.4) is 0 Å². The molecule has 3 nitrogen and oxygen atoms in total. The average molecular weight is 248 g/mol. The minimum absolute atomic E-state index is 0.152. The first-order valence-electron chi connectivity index (χ1n) is 5.01. The summed E-state index contributed by atoms with van der Waals surface area (Å²) in [6.45, 7) is 0. The molecule has 0 spiro atoms. The Kier molecular flexibility index (Phi) is 3.40. The van der Waals surface area contributed by atoms with E-state index in [1.165, 1.54) is 7.11 Å². The van der Waals surface area contributed by atoms with Crippen LogP contribution in [0.4, 0.5) is 0 Å². The van der Waals surface area contributed by atoms with Gasteiger partial charge in [0.1, 0.15) is 11.4 Å². The second-order valence-corrected chi connectivity index (χ2v) is 3.80. The summed E-state index contributed by atoms with van der Waals surface area (Å²) in [4.78, 5) is 16.1. The van der Waals surface area contributed by atoms with Gasteiger partial charge in [0.25, 0.3) is 0 Å². The zero-order valence-electron chi connectivity index (χ0n) is 9.18. The fraction of sp³-hybridized carbons (Fsp3) is 0.0769. The van der Waals surface area contributed by atoms with Gasteiger partial charge in [0.05, 0.1) is 12.1 Å². The molecular weight excluding hydrogens is 238 g/mol. The highest BCUT2D eigenvalue weighted by Gasteiger charge is 2.12. The molecule has 0 saturated heterocycles. The van der Waals surface area contributed by atoms with Crippen LogP contribution in [0.1, 0.15) is 16.1 Å². The van der Waals surface area contributed by atoms with Crippen LogP contribution < -0.4 is 4.74 Å². The van der Waals surface area contributed by atoms with Crippen LogP contribution in [-0.2, 0) is 0 Å². The SMILES string of the molecule is COc1cc(C(=O)c2ccccn2)ccc1Cl. The summed E-state index contributed by atoms with van der Waals surface area (Å²) in [6.07, 6.45) is 1.58. The van der Waals surface area contributed by atoms with Crippen LogP contribution in [0.5, 0.6) is 5.75 Å². The van der Waals surface area contributed by atoms with E-state index >= 15 is 0 Å². The Morgan fingerprint density at radius 2 is 2.12 bits per heavy atom. The van der Waals surface area contributed by atoms with Crippen molar-refractivity contribution in [3.05, 3.63) is 58.9 Å². The van der Waals surface area contributed by atoms with Crippen molar-refractivity contribution in [2.75, 3.05) is 7.11 Å². The van der Waals surface area contributed by atoms with E-state index in [0.29, 0.717) is 22.0 Å². The van der Waals surface area contributed by atoms with Gasteiger partial charge in [0.15, 0.2) is 0 Å². The van der Waals surface area contributed by atoms with Crippen molar-refractivity contribution < 1.29 is 9.53 Å². The number of rotatable bonds is 3. The van der Waals surface area contributed by atoms with Crippen LogP contribution in [-0.4, -0.2) is 17.9 Å². The van der Waals surface area contributed by atoms with E-state index in [0.717, 1.165) is 0 Å². The Bertz CT molecular complexity index is 540. The number of hydrogen-bond donors (Lipinski definition) is 0. The summed E-state index contributed by atoms with van der Waals surface area (Å²) in [7, 11) is 1.51. The van der Waals surface area contributed by atoms with Gasteiger partial charge in [-0.05, 0) is 30.3 Å². The molecule has 1 aromatic carbocycles. The molecule has 2 aromatic rings. The lowest BCUT2D eigenvalue weighted by Gasteiger charge is -2.05. The molecule has 2 rings (SSSR count). The molecule has 0 aliphatic carbocycles. The molecule has 0 bridgehead atoms. The van der Waals surface area contributed by atoms with Gasteiger partial charge in [-0.15, -0.1) is 0 Å². The summed E-state index contributed by atoms with van der Waals surface area (Å²) >= 11 is 5.90. The fourth-order valence-corrected chi connectivity index (χ4v) is 1.64. The van der Waals surface area contributed by atoms with Crippen LogP contribution >= 0.6 is 11.6 Å². The molecule has 0 N–H and O–H groups in total. The molecule has 1 heterocycles. The average Bonchev–Trinajstić information content (AvgIpc) is 2.39. The number of methoxy groups -OCH3 is 1. The van der Waals surface area contributed by atoms with Gasteiger partial charge in [-0.1, -0.05) is 17.7 Å².